The summed E-state index contributed by atoms with van der Waals surface area (Å²) in [6, 6.07) is 7.13. The molecule has 4 atom stereocenters. The molecule has 3 aliphatic rings. The van der Waals surface area contributed by atoms with Crippen molar-refractivity contribution in [2.45, 2.75) is 51.0 Å². The number of likely N-dealkylation sites (tertiary alicyclic amines) is 1. The standard InChI is InChI=1S/C22H29F2NO2/c1-22(23,24)16-7-2-5-15(11-16)6-3-9-20(26)21-18-12-25(13-19(18)21)17-8-4-10-27-14-17/h2,5,7,11,17-19,21H,3-4,6,8-10,12-14H2,1H3/t17?,18-,19+,21?. The molecule has 3 nitrogen and oxygen atoms in total. The lowest BCUT2D eigenvalue weighted by molar-refractivity contribution is -0.121. The Kier molecular flexibility index (Phi) is 5.34. The molecule has 5 heteroatoms. The number of piperidine rings is 1. The van der Waals surface area contributed by atoms with E-state index in [0.717, 1.165) is 51.6 Å². The van der Waals surface area contributed by atoms with Crippen molar-refractivity contribution in [2.75, 3.05) is 26.3 Å². The SMILES string of the molecule is CC(F)(F)c1cccc(CCCC(=O)C2[C@H]3CN(C4CCCOC4)C[C@@H]23)c1. The van der Waals surface area contributed by atoms with Crippen molar-refractivity contribution in [1.29, 1.82) is 0 Å². The first-order valence-corrected chi connectivity index (χ1v) is 10.3. The molecular formula is C22H29F2NO2. The molecule has 1 aliphatic carbocycles. The Balaban J connectivity index is 1.21. The fourth-order valence-electron chi connectivity index (χ4n) is 4.98. The predicted octanol–water partition coefficient (Wildman–Crippen LogP) is 4.05. The zero-order chi connectivity index (χ0) is 19.0. The summed E-state index contributed by atoms with van der Waals surface area (Å²) in [5.74, 6) is -1.10. The molecule has 3 fully saturated rings. The number of benzene rings is 1. The molecule has 0 amide bonds. The van der Waals surface area contributed by atoms with Crippen LogP contribution >= 0.6 is 0 Å². The third-order valence-corrected chi connectivity index (χ3v) is 6.57. The third kappa shape index (κ3) is 4.24. The highest BCUT2D eigenvalue weighted by Gasteiger charge is 2.59. The van der Waals surface area contributed by atoms with Gasteiger partial charge in [-0.15, -0.1) is 0 Å². The maximum Gasteiger partial charge on any atom is 0.270 e. The van der Waals surface area contributed by atoms with Crippen LogP contribution in [0.2, 0.25) is 0 Å². The lowest BCUT2D eigenvalue weighted by Gasteiger charge is -2.32. The number of carbonyl (C=O) groups is 1. The van der Waals surface area contributed by atoms with Gasteiger partial charge in [0.05, 0.1) is 6.61 Å². The molecule has 2 aliphatic heterocycles. The van der Waals surface area contributed by atoms with Gasteiger partial charge in [-0.1, -0.05) is 18.2 Å². The van der Waals surface area contributed by atoms with Gasteiger partial charge in [-0.25, -0.2) is 8.78 Å². The summed E-state index contributed by atoms with van der Waals surface area (Å²) in [4.78, 5) is 15.1. The summed E-state index contributed by atoms with van der Waals surface area (Å²) in [6.07, 6.45) is 4.35. The molecule has 1 aromatic rings. The highest BCUT2D eigenvalue weighted by atomic mass is 19.3. The summed E-state index contributed by atoms with van der Waals surface area (Å²) in [6.45, 7) is 4.74. The van der Waals surface area contributed by atoms with Gasteiger partial charge in [0.25, 0.3) is 5.92 Å². The second kappa shape index (κ2) is 7.59. The summed E-state index contributed by atoms with van der Waals surface area (Å²) in [5, 5.41) is 0. The Labute approximate surface area is 160 Å². The van der Waals surface area contributed by atoms with E-state index in [0.29, 0.717) is 36.5 Å². The van der Waals surface area contributed by atoms with Crippen LogP contribution in [-0.2, 0) is 21.9 Å². The Morgan fingerprint density at radius 1 is 1.30 bits per heavy atom. The molecule has 0 aromatic heterocycles. The molecule has 0 N–H and O–H groups in total. The molecule has 2 unspecified atom stereocenters. The summed E-state index contributed by atoms with van der Waals surface area (Å²) < 4.78 is 32.4. The molecule has 1 aromatic carbocycles. The topological polar surface area (TPSA) is 29.5 Å². The van der Waals surface area contributed by atoms with Crippen LogP contribution in [-0.4, -0.2) is 43.0 Å². The minimum absolute atomic E-state index is 0.0508. The van der Waals surface area contributed by atoms with Crippen LogP contribution in [0.15, 0.2) is 24.3 Å². The van der Waals surface area contributed by atoms with E-state index in [9.17, 15) is 13.6 Å². The van der Waals surface area contributed by atoms with E-state index >= 15 is 0 Å². The van der Waals surface area contributed by atoms with Crippen LogP contribution in [0.4, 0.5) is 8.78 Å². The fourth-order valence-corrected chi connectivity index (χ4v) is 4.98. The van der Waals surface area contributed by atoms with Gasteiger partial charge in [0.2, 0.25) is 0 Å². The summed E-state index contributed by atoms with van der Waals surface area (Å²) >= 11 is 0. The van der Waals surface area contributed by atoms with Gasteiger partial charge in [-0.05, 0) is 49.1 Å². The number of fused-ring (bicyclic) bond motifs is 1. The van der Waals surface area contributed by atoms with Gasteiger partial charge in [0.15, 0.2) is 0 Å². The minimum atomic E-state index is -2.81. The van der Waals surface area contributed by atoms with Crippen LogP contribution in [0.3, 0.4) is 0 Å². The monoisotopic (exact) mass is 377 g/mol. The van der Waals surface area contributed by atoms with Crippen LogP contribution in [0.1, 0.15) is 43.7 Å². The third-order valence-electron chi connectivity index (χ3n) is 6.57. The number of carbonyl (C=O) groups excluding carboxylic acids is 1. The van der Waals surface area contributed by atoms with Gasteiger partial charge in [-0.3, -0.25) is 9.69 Å². The zero-order valence-corrected chi connectivity index (χ0v) is 16.0. The Morgan fingerprint density at radius 3 is 2.74 bits per heavy atom. The lowest BCUT2D eigenvalue weighted by atomic mass is 10.00. The normalized spacial score (nSPS) is 30.9. The maximum atomic E-state index is 13.4. The van der Waals surface area contributed by atoms with Crippen molar-refractivity contribution in [3.63, 3.8) is 0 Å². The number of aryl methyl sites for hydroxylation is 1. The zero-order valence-electron chi connectivity index (χ0n) is 16.0. The Hall–Kier alpha value is -1.33. The molecule has 0 spiro atoms. The van der Waals surface area contributed by atoms with E-state index in [1.807, 2.05) is 6.07 Å². The molecule has 4 rings (SSSR count). The molecular weight excluding hydrogens is 348 g/mol. The minimum Gasteiger partial charge on any atom is -0.380 e. The molecule has 2 saturated heterocycles. The van der Waals surface area contributed by atoms with E-state index in [2.05, 4.69) is 4.90 Å². The van der Waals surface area contributed by atoms with E-state index in [-0.39, 0.29) is 11.5 Å². The first kappa shape index (κ1) is 19.0. The number of rotatable bonds is 7. The molecule has 148 valence electrons. The molecule has 2 heterocycles. The van der Waals surface area contributed by atoms with E-state index in [1.54, 1.807) is 12.1 Å². The second-order valence-corrected chi connectivity index (χ2v) is 8.59. The summed E-state index contributed by atoms with van der Waals surface area (Å²) in [5.41, 5.74) is 0.941. The number of hydrogen-bond acceptors (Lipinski definition) is 3. The molecule has 0 bridgehead atoms. The smallest absolute Gasteiger partial charge is 0.270 e. The number of halogens is 2. The Morgan fingerprint density at radius 2 is 2.07 bits per heavy atom. The molecule has 1 saturated carbocycles. The number of nitrogens with zero attached hydrogens (tertiary/aromatic N) is 1. The summed E-state index contributed by atoms with van der Waals surface area (Å²) in [7, 11) is 0. The maximum absolute atomic E-state index is 13.4. The number of ketones is 1. The highest BCUT2D eigenvalue weighted by Crippen LogP contribution is 2.53. The average Bonchev–Trinajstić information content (AvgIpc) is 3.16. The van der Waals surface area contributed by atoms with Crippen molar-refractivity contribution in [3.05, 3.63) is 35.4 Å². The number of alkyl halides is 2. The van der Waals surface area contributed by atoms with Gasteiger partial charge in [0.1, 0.15) is 5.78 Å². The largest absolute Gasteiger partial charge is 0.380 e. The van der Waals surface area contributed by atoms with Gasteiger partial charge in [0, 0.05) is 50.6 Å². The van der Waals surface area contributed by atoms with Gasteiger partial charge >= 0.3 is 0 Å². The van der Waals surface area contributed by atoms with Crippen molar-refractivity contribution in [2.24, 2.45) is 17.8 Å². The van der Waals surface area contributed by atoms with Crippen molar-refractivity contribution >= 4 is 5.78 Å². The van der Waals surface area contributed by atoms with Gasteiger partial charge < -0.3 is 4.74 Å². The lowest BCUT2D eigenvalue weighted by Crippen LogP contribution is -2.41. The Bertz CT molecular complexity index is 669. The molecule has 0 radical (unpaired) electrons. The van der Waals surface area contributed by atoms with E-state index in [1.165, 1.54) is 12.5 Å². The molecule has 27 heavy (non-hydrogen) atoms. The van der Waals surface area contributed by atoms with E-state index in [4.69, 9.17) is 4.74 Å². The number of Topliss-reactive ketones (excluding diaryl/α,β-unsaturated/α-hetero) is 1. The van der Waals surface area contributed by atoms with Crippen LogP contribution in [0.5, 0.6) is 0 Å². The van der Waals surface area contributed by atoms with Crippen molar-refractivity contribution < 1.29 is 18.3 Å². The van der Waals surface area contributed by atoms with Crippen LogP contribution in [0, 0.1) is 17.8 Å². The average molecular weight is 377 g/mol. The van der Waals surface area contributed by atoms with Crippen LogP contribution in [0.25, 0.3) is 0 Å². The first-order valence-electron chi connectivity index (χ1n) is 10.3. The van der Waals surface area contributed by atoms with Crippen molar-refractivity contribution in [1.82, 2.24) is 4.90 Å². The fraction of sp³-hybridized carbons (Fsp3) is 0.682. The predicted molar refractivity (Wildman–Crippen MR) is 99.8 cm³/mol. The number of hydrogen-bond donors (Lipinski definition) is 0. The van der Waals surface area contributed by atoms with Crippen molar-refractivity contribution in [3.8, 4) is 0 Å². The van der Waals surface area contributed by atoms with E-state index < -0.39 is 5.92 Å². The quantitative estimate of drug-likeness (QED) is 0.718. The highest BCUT2D eigenvalue weighted by molar-refractivity contribution is 5.84. The second-order valence-electron chi connectivity index (χ2n) is 8.59. The first-order chi connectivity index (χ1) is 12.9. The van der Waals surface area contributed by atoms with Crippen LogP contribution < -0.4 is 0 Å². The van der Waals surface area contributed by atoms with Gasteiger partial charge in [-0.2, -0.15) is 0 Å². The number of ether oxygens (including phenoxy) is 1.